The summed E-state index contributed by atoms with van der Waals surface area (Å²) in [7, 11) is 0. The smallest absolute Gasteiger partial charge is 0.149 e. The van der Waals surface area contributed by atoms with E-state index < -0.39 is 0 Å². The van der Waals surface area contributed by atoms with Crippen molar-refractivity contribution >= 4 is 6.29 Å². The van der Waals surface area contributed by atoms with E-state index in [0.29, 0.717) is 5.57 Å². The summed E-state index contributed by atoms with van der Waals surface area (Å²) in [5.74, 6) is 0. The van der Waals surface area contributed by atoms with E-state index in [4.69, 9.17) is 0 Å². The Morgan fingerprint density at radius 1 is 1.38 bits per heavy atom. The van der Waals surface area contributed by atoms with Gasteiger partial charge in [-0.3, -0.25) is 4.79 Å². The third-order valence-corrected chi connectivity index (χ3v) is 1.85. The van der Waals surface area contributed by atoms with Crippen molar-refractivity contribution < 1.29 is 4.79 Å². The third kappa shape index (κ3) is 6.09. The van der Waals surface area contributed by atoms with Gasteiger partial charge in [-0.2, -0.15) is 0 Å². The standard InChI is InChI=1S/C12H18O/c1-4-6-7-12(5-2)9-8-11(3)10-13/h5,8-10H,3-4,6-7H2,1-2H3/b9-8-,12-5-. The van der Waals surface area contributed by atoms with Crippen molar-refractivity contribution in [3.8, 4) is 0 Å². The summed E-state index contributed by atoms with van der Waals surface area (Å²) in [6, 6.07) is 0. The Balaban J connectivity index is 4.05. The lowest BCUT2D eigenvalue weighted by molar-refractivity contribution is -0.104. The molecule has 0 spiro atoms. The number of hydrogen-bond acceptors (Lipinski definition) is 1. The van der Waals surface area contributed by atoms with Gasteiger partial charge in [-0.15, -0.1) is 0 Å². The normalized spacial score (nSPS) is 12.0. The highest BCUT2D eigenvalue weighted by Crippen LogP contribution is 2.09. The Kier molecular flexibility index (Phi) is 6.89. The largest absolute Gasteiger partial charge is 0.298 e. The van der Waals surface area contributed by atoms with E-state index in [1.807, 2.05) is 13.0 Å². The summed E-state index contributed by atoms with van der Waals surface area (Å²) in [6.45, 7) is 7.76. The quantitative estimate of drug-likeness (QED) is 0.346. The summed E-state index contributed by atoms with van der Waals surface area (Å²) in [5, 5.41) is 0. The van der Waals surface area contributed by atoms with Crippen molar-refractivity contribution in [3.63, 3.8) is 0 Å². The van der Waals surface area contributed by atoms with Crippen LogP contribution in [0.2, 0.25) is 0 Å². The zero-order chi connectivity index (χ0) is 10.1. The first-order valence-electron chi connectivity index (χ1n) is 4.72. The molecule has 0 aliphatic heterocycles. The van der Waals surface area contributed by atoms with Crippen molar-refractivity contribution in [2.45, 2.75) is 33.1 Å². The van der Waals surface area contributed by atoms with Gasteiger partial charge in [0.2, 0.25) is 0 Å². The van der Waals surface area contributed by atoms with E-state index in [9.17, 15) is 4.79 Å². The van der Waals surface area contributed by atoms with E-state index in [-0.39, 0.29) is 0 Å². The topological polar surface area (TPSA) is 17.1 Å². The summed E-state index contributed by atoms with van der Waals surface area (Å²) >= 11 is 0. The molecule has 0 aromatic carbocycles. The second-order valence-electron chi connectivity index (χ2n) is 2.99. The molecule has 72 valence electrons. The first kappa shape index (κ1) is 11.9. The van der Waals surface area contributed by atoms with Crippen molar-refractivity contribution in [1.29, 1.82) is 0 Å². The molecule has 0 bridgehead atoms. The molecule has 0 unspecified atom stereocenters. The molecule has 0 aromatic rings. The fourth-order valence-corrected chi connectivity index (χ4v) is 0.958. The van der Waals surface area contributed by atoms with Crippen LogP contribution in [0.5, 0.6) is 0 Å². The molecule has 0 aliphatic rings. The SMILES string of the molecule is C=C(C=O)/C=C\C(=C/C)CCCC. The van der Waals surface area contributed by atoms with Crippen LogP contribution in [0.4, 0.5) is 0 Å². The Hall–Kier alpha value is -1.11. The highest BCUT2D eigenvalue weighted by molar-refractivity contribution is 5.76. The van der Waals surface area contributed by atoms with Gasteiger partial charge in [-0.25, -0.2) is 0 Å². The van der Waals surface area contributed by atoms with Crippen LogP contribution in [0.25, 0.3) is 0 Å². The summed E-state index contributed by atoms with van der Waals surface area (Å²) in [4.78, 5) is 10.2. The Bertz CT molecular complexity index is 221. The van der Waals surface area contributed by atoms with Crippen LogP contribution < -0.4 is 0 Å². The lowest BCUT2D eigenvalue weighted by Crippen LogP contribution is -1.80. The predicted molar refractivity (Wildman–Crippen MR) is 57.6 cm³/mol. The van der Waals surface area contributed by atoms with Crippen molar-refractivity contribution in [3.05, 3.63) is 36.0 Å². The summed E-state index contributed by atoms with van der Waals surface area (Å²) in [5.41, 5.74) is 1.79. The maximum absolute atomic E-state index is 10.2. The van der Waals surface area contributed by atoms with Gasteiger partial charge in [0.1, 0.15) is 6.29 Å². The number of carbonyl (C=O) groups is 1. The van der Waals surface area contributed by atoms with Crippen LogP contribution in [0.1, 0.15) is 33.1 Å². The van der Waals surface area contributed by atoms with E-state index in [0.717, 1.165) is 12.7 Å². The average molecular weight is 178 g/mol. The van der Waals surface area contributed by atoms with Crippen molar-refractivity contribution in [1.82, 2.24) is 0 Å². The molecule has 0 heterocycles. The second kappa shape index (κ2) is 7.53. The molecule has 1 heteroatoms. The summed E-state index contributed by atoms with van der Waals surface area (Å²) in [6.07, 6.45) is 10.0. The molecule has 1 nitrogen and oxygen atoms in total. The zero-order valence-electron chi connectivity index (χ0n) is 8.55. The molecule has 13 heavy (non-hydrogen) atoms. The molecule has 0 saturated carbocycles. The number of carbonyl (C=O) groups excluding carboxylic acids is 1. The number of unbranched alkanes of at least 4 members (excludes halogenated alkanes) is 1. The highest BCUT2D eigenvalue weighted by atomic mass is 16.1. The van der Waals surface area contributed by atoms with Gasteiger partial charge >= 0.3 is 0 Å². The summed E-state index contributed by atoms with van der Waals surface area (Å²) < 4.78 is 0. The van der Waals surface area contributed by atoms with Crippen molar-refractivity contribution in [2.75, 3.05) is 0 Å². The van der Waals surface area contributed by atoms with Gasteiger partial charge in [0.25, 0.3) is 0 Å². The van der Waals surface area contributed by atoms with Crippen LogP contribution in [0.15, 0.2) is 36.0 Å². The number of hydrogen-bond donors (Lipinski definition) is 0. The Morgan fingerprint density at radius 2 is 2.08 bits per heavy atom. The monoisotopic (exact) mass is 178 g/mol. The van der Waals surface area contributed by atoms with E-state index in [2.05, 4.69) is 19.6 Å². The molecule has 0 amide bonds. The molecule has 0 rings (SSSR count). The minimum absolute atomic E-state index is 0.524. The average Bonchev–Trinajstić information content (AvgIpc) is 2.17. The third-order valence-electron chi connectivity index (χ3n) is 1.85. The Morgan fingerprint density at radius 3 is 2.54 bits per heavy atom. The molecular formula is C12H18O. The molecular weight excluding hydrogens is 160 g/mol. The molecule has 0 radical (unpaired) electrons. The number of allylic oxidation sites excluding steroid dienone is 5. The minimum Gasteiger partial charge on any atom is -0.298 e. The van der Waals surface area contributed by atoms with E-state index in [1.165, 1.54) is 18.4 Å². The zero-order valence-corrected chi connectivity index (χ0v) is 8.55. The van der Waals surface area contributed by atoms with Gasteiger partial charge in [-0.05, 0) is 19.8 Å². The first-order chi connectivity index (χ1) is 6.24. The fourth-order valence-electron chi connectivity index (χ4n) is 0.958. The number of rotatable bonds is 6. The molecule has 0 N–H and O–H groups in total. The maximum atomic E-state index is 10.2. The van der Waals surface area contributed by atoms with Gasteiger partial charge in [0, 0.05) is 5.57 Å². The predicted octanol–water partition coefficient (Wildman–Crippen LogP) is 3.43. The van der Waals surface area contributed by atoms with Gasteiger partial charge in [0.15, 0.2) is 0 Å². The maximum Gasteiger partial charge on any atom is 0.149 e. The lowest BCUT2D eigenvalue weighted by atomic mass is 10.1. The van der Waals surface area contributed by atoms with Gasteiger partial charge in [-0.1, -0.05) is 43.7 Å². The molecule has 0 atom stereocenters. The minimum atomic E-state index is 0.524. The second-order valence-corrected chi connectivity index (χ2v) is 2.99. The molecule has 0 saturated heterocycles. The number of aldehydes is 1. The van der Waals surface area contributed by atoms with E-state index in [1.54, 1.807) is 6.08 Å². The van der Waals surface area contributed by atoms with Gasteiger partial charge < -0.3 is 0 Å². The lowest BCUT2D eigenvalue weighted by Gasteiger charge is -1.98. The highest BCUT2D eigenvalue weighted by Gasteiger charge is 1.90. The van der Waals surface area contributed by atoms with Crippen LogP contribution in [-0.2, 0) is 4.79 Å². The van der Waals surface area contributed by atoms with Crippen LogP contribution in [0.3, 0.4) is 0 Å². The molecule has 0 fully saturated rings. The van der Waals surface area contributed by atoms with Crippen LogP contribution in [0, 0.1) is 0 Å². The van der Waals surface area contributed by atoms with Crippen molar-refractivity contribution in [2.24, 2.45) is 0 Å². The first-order valence-corrected chi connectivity index (χ1v) is 4.72. The molecule has 0 aromatic heterocycles. The molecule has 0 aliphatic carbocycles. The fraction of sp³-hybridized carbons (Fsp3) is 0.417. The van der Waals surface area contributed by atoms with E-state index >= 15 is 0 Å². The van der Waals surface area contributed by atoms with Crippen LogP contribution in [-0.4, -0.2) is 6.29 Å². The van der Waals surface area contributed by atoms with Crippen LogP contribution >= 0.6 is 0 Å². The van der Waals surface area contributed by atoms with Gasteiger partial charge in [0.05, 0.1) is 0 Å². The Labute approximate surface area is 80.8 Å².